The van der Waals surface area contributed by atoms with Crippen molar-refractivity contribution >= 4 is 12.2 Å². The van der Waals surface area contributed by atoms with Gasteiger partial charge in [-0.05, 0) is 49.0 Å². The monoisotopic (exact) mass is 300 g/mol. The number of H-pyrrole nitrogens is 1. The van der Waals surface area contributed by atoms with Gasteiger partial charge in [0.1, 0.15) is 11.5 Å². The van der Waals surface area contributed by atoms with Crippen molar-refractivity contribution in [3.8, 4) is 11.5 Å². The Labute approximate surface area is 126 Å². The van der Waals surface area contributed by atoms with Crippen LogP contribution in [-0.2, 0) is 0 Å². The van der Waals surface area contributed by atoms with Crippen molar-refractivity contribution < 1.29 is 4.39 Å². The molecule has 0 radical (unpaired) electrons. The van der Waals surface area contributed by atoms with Gasteiger partial charge in [-0.1, -0.05) is 18.2 Å². The summed E-state index contributed by atoms with van der Waals surface area (Å²) >= 11 is 5.31. The normalized spacial score (nSPS) is 12.3. The van der Waals surface area contributed by atoms with Crippen LogP contribution in [0.15, 0.2) is 48.7 Å². The molecule has 0 aliphatic carbocycles. The second-order valence-corrected chi connectivity index (χ2v) is 5.06. The first-order chi connectivity index (χ1) is 10.2. The molecule has 1 N–H and O–H groups in total. The van der Waals surface area contributed by atoms with Crippen LogP contribution >= 0.6 is 12.2 Å². The quantitative estimate of drug-likeness (QED) is 0.749. The zero-order chi connectivity index (χ0) is 14.8. The van der Waals surface area contributed by atoms with Gasteiger partial charge in [0, 0.05) is 6.20 Å². The number of pyridine rings is 1. The van der Waals surface area contributed by atoms with Crippen LogP contribution < -0.4 is 0 Å². The summed E-state index contributed by atoms with van der Waals surface area (Å²) in [6.45, 7) is 1.95. The first-order valence-corrected chi connectivity index (χ1v) is 6.91. The Bertz CT molecular complexity index is 810. The number of nitrogens with zero attached hydrogens (tertiary/aromatic N) is 3. The van der Waals surface area contributed by atoms with Crippen LogP contribution in [0.25, 0.3) is 11.5 Å². The Morgan fingerprint density at radius 1 is 1.24 bits per heavy atom. The summed E-state index contributed by atoms with van der Waals surface area (Å²) < 4.78 is 15.7. The molecule has 0 saturated carbocycles. The number of hydrogen-bond donors (Lipinski definition) is 1. The van der Waals surface area contributed by atoms with Gasteiger partial charge in [-0.3, -0.25) is 14.6 Å². The summed E-state index contributed by atoms with van der Waals surface area (Å²) in [5.41, 5.74) is 1.54. The van der Waals surface area contributed by atoms with E-state index >= 15 is 0 Å². The second-order valence-electron chi connectivity index (χ2n) is 4.67. The number of halogens is 1. The van der Waals surface area contributed by atoms with Crippen molar-refractivity contribution in [3.63, 3.8) is 0 Å². The molecule has 6 heteroatoms. The fourth-order valence-corrected chi connectivity index (χ4v) is 2.55. The molecule has 2 aromatic heterocycles. The van der Waals surface area contributed by atoms with E-state index < -0.39 is 0 Å². The third-order valence-electron chi connectivity index (χ3n) is 3.32. The Morgan fingerprint density at radius 3 is 2.81 bits per heavy atom. The van der Waals surface area contributed by atoms with E-state index in [1.807, 2.05) is 35.8 Å². The maximum atomic E-state index is 13.4. The molecule has 106 valence electrons. The van der Waals surface area contributed by atoms with Crippen LogP contribution in [0.2, 0.25) is 0 Å². The SMILES string of the molecule is CC(c1cccc(F)c1)n1c(-c2ccccn2)n[nH]c1=S. The topological polar surface area (TPSA) is 46.5 Å². The van der Waals surface area contributed by atoms with Crippen LogP contribution in [0.1, 0.15) is 18.5 Å². The van der Waals surface area contributed by atoms with E-state index in [4.69, 9.17) is 12.2 Å². The maximum Gasteiger partial charge on any atom is 0.196 e. The summed E-state index contributed by atoms with van der Waals surface area (Å²) in [5, 5.41) is 7.03. The Balaban J connectivity index is 2.11. The minimum absolute atomic E-state index is 0.149. The molecule has 0 bridgehead atoms. The average Bonchev–Trinajstić information content (AvgIpc) is 2.89. The molecule has 0 saturated heterocycles. The summed E-state index contributed by atoms with van der Waals surface area (Å²) in [5.74, 6) is 0.367. The van der Waals surface area contributed by atoms with Crippen LogP contribution in [0.4, 0.5) is 4.39 Å². The highest BCUT2D eigenvalue weighted by atomic mass is 32.1. The zero-order valence-electron chi connectivity index (χ0n) is 11.3. The third-order valence-corrected chi connectivity index (χ3v) is 3.60. The molecule has 0 spiro atoms. The molecule has 3 rings (SSSR count). The summed E-state index contributed by atoms with van der Waals surface area (Å²) in [6.07, 6.45) is 1.70. The largest absolute Gasteiger partial charge is 0.292 e. The molecule has 0 aliphatic heterocycles. The van der Waals surface area contributed by atoms with Crippen molar-refractivity contribution in [1.82, 2.24) is 19.7 Å². The van der Waals surface area contributed by atoms with Gasteiger partial charge in [0.25, 0.3) is 0 Å². The van der Waals surface area contributed by atoms with Gasteiger partial charge in [0.15, 0.2) is 10.6 Å². The van der Waals surface area contributed by atoms with E-state index in [0.29, 0.717) is 16.3 Å². The van der Waals surface area contributed by atoms with Gasteiger partial charge < -0.3 is 0 Å². The standard InChI is InChI=1S/C15H13FN4S/c1-10(11-5-4-6-12(16)9-11)20-14(18-19-15(20)21)13-7-2-3-8-17-13/h2-10H,1H3,(H,19,21). The first kappa shape index (κ1) is 13.6. The summed E-state index contributed by atoms with van der Waals surface area (Å²) in [4.78, 5) is 4.29. The molecule has 1 aromatic carbocycles. The average molecular weight is 300 g/mol. The number of aromatic amines is 1. The van der Waals surface area contributed by atoms with Crippen molar-refractivity contribution in [2.75, 3.05) is 0 Å². The van der Waals surface area contributed by atoms with Crippen molar-refractivity contribution in [2.45, 2.75) is 13.0 Å². The molecule has 21 heavy (non-hydrogen) atoms. The smallest absolute Gasteiger partial charge is 0.196 e. The Hall–Kier alpha value is -2.34. The van der Waals surface area contributed by atoms with Crippen LogP contribution in [0.3, 0.4) is 0 Å². The lowest BCUT2D eigenvalue weighted by molar-refractivity contribution is 0.602. The zero-order valence-corrected chi connectivity index (χ0v) is 12.1. The minimum atomic E-state index is -0.270. The van der Waals surface area contributed by atoms with E-state index in [0.717, 1.165) is 5.56 Å². The van der Waals surface area contributed by atoms with Gasteiger partial charge in [0.05, 0.1) is 6.04 Å². The highest BCUT2D eigenvalue weighted by molar-refractivity contribution is 7.71. The number of aromatic nitrogens is 4. The predicted molar refractivity (Wildman–Crippen MR) is 80.9 cm³/mol. The molecular formula is C15H13FN4S. The molecule has 0 amide bonds. The van der Waals surface area contributed by atoms with Crippen LogP contribution in [-0.4, -0.2) is 19.7 Å². The van der Waals surface area contributed by atoms with Gasteiger partial charge >= 0.3 is 0 Å². The lowest BCUT2D eigenvalue weighted by Gasteiger charge is -2.15. The van der Waals surface area contributed by atoms with Crippen molar-refractivity contribution in [2.24, 2.45) is 0 Å². The Kier molecular flexibility index (Phi) is 3.62. The van der Waals surface area contributed by atoms with E-state index in [9.17, 15) is 4.39 Å². The van der Waals surface area contributed by atoms with Crippen LogP contribution in [0.5, 0.6) is 0 Å². The van der Waals surface area contributed by atoms with Crippen molar-refractivity contribution in [3.05, 3.63) is 64.8 Å². The summed E-state index contributed by atoms with van der Waals surface area (Å²) in [7, 11) is 0. The fraction of sp³-hybridized carbons (Fsp3) is 0.133. The minimum Gasteiger partial charge on any atom is -0.292 e. The number of rotatable bonds is 3. The molecule has 3 aromatic rings. The third kappa shape index (κ3) is 2.62. The molecule has 4 nitrogen and oxygen atoms in total. The highest BCUT2D eigenvalue weighted by Crippen LogP contribution is 2.24. The summed E-state index contributed by atoms with van der Waals surface area (Å²) in [6, 6.07) is 11.9. The molecular weight excluding hydrogens is 287 g/mol. The van der Waals surface area contributed by atoms with E-state index in [2.05, 4.69) is 15.2 Å². The fourth-order valence-electron chi connectivity index (χ4n) is 2.26. The molecule has 0 aliphatic rings. The van der Waals surface area contributed by atoms with Gasteiger partial charge in [-0.25, -0.2) is 4.39 Å². The lowest BCUT2D eigenvalue weighted by atomic mass is 10.1. The van der Waals surface area contributed by atoms with Gasteiger partial charge in [0.2, 0.25) is 0 Å². The van der Waals surface area contributed by atoms with E-state index in [1.165, 1.54) is 12.1 Å². The Morgan fingerprint density at radius 2 is 2.10 bits per heavy atom. The molecule has 2 heterocycles. The van der Waals surface area contributed by atoms with Gasteiger partial charge in [-0.2, -0.15) is 5.10 Å². The first-order valence-electron chi connectivity index (χ1n) is 6.50. The highest BCUT2D eigenvalue weighted by Gasteiger charge is 2.17. The number of hydrogen-bond acceptors (Lipinski definition) is 3. The molecule has 1 atom stereocenters. The predicted octanol–water partition coefficient (Wildman–Crippen LogP) is 3.75. The van der Waals surface area contributed by atoms with E-state index in [-0.39, 0.29) is 11.9 Å². The molecule has 1 unspecified atom stereocenters. The molecule has 0 fully saturated rings. The van der Waals surface area contributed by atoms with Crippen molar-refractivity contribution in [1.29, 1.82) is 0 Å². The second kappa shape index (κ2) is 5.57. The van der Waals surface area contributed by atoms with Gasteiger partial charge in [-0.15, -0.1) is 0 Å². The van der Waals surface area contributed by atoms with E-state index in [1.54, 1.807) is 12.3 Å². The number of nitrogens with one attached hydrogen (secondary N) is 1. The lowest BCUT2D eigenvalue weighted by Crippen LogP contribution is -2.09. The number of benzene rings is 1. The maximum absolute atomic E-state index is 13.4. The van der Waals surface area contributed by atoms with Crippen LogP contribution in [0, 0.1) is 10.6 Å².